The van der Waals surface area contributed by atoms with Crippen molar-refractivity contribution in [3.8, 4) is 5.69 Å². The van der Waals surface area contributed by atoms with Crippen LogP contribution in [0.25, 0.3) is 5.69 Å². The highest BCUT2D eigenvalue weighted by atomic mass is 16.6. The van der Waals surface area contributed by atoms with Crippen molar-refractivity contribution < 1.29 is 19.2 Å². The molecule has 2 heterocycles. The van der Waals surface area contributed by atoms with E-state index in [1.807, 2.05) is 6.07 Å². The number of carbonyl (C=O) groups excluding carboxylic acids is 2. The molecule has 3 rings (SSSR count). The fraction of sp³-hybridized carbons (Fsp3) is 0.263. The zero-order chi connectivity index (χ0) is 21.7. The Morgan fingerprint density at radius 3 is 2.63 bits per heavy atom. The molecule has 0 atom stereocenters. The van der Waals surface area contributed by atoms with Crippen LogP contribution in [0.2, 0.25) is 0 Å². The lowest BCUT2D eigenvalue weighted by molar-refractivity contribution is -0.385. The number of aryl methyl sites for hydroxylation is 2. The van der Waals surface area contributed by atoms with Crippen LogP contribution in [0.3, 0.4) is 0 Å². The van der Waals surface area contributed by atoms with Crippen molar-refractivity contribution in [2.75, 3.05) is 11.9 Å². The highest BCUT2D eigenvalue weighted by Gasteiger charge is 2.22. The number of carbonyl (C=O) groups is 2. The van der Waals surface area contributed by atoms with Gasteiger partial charge >= 0.3 is 11.7 Å². The van der Waals surface area contributed by atoms with Gasteiger partial charge in [0.2, 0.25) is 5.91 Å². The van der Waals surface area contributed by atoms with Gasteiger partial charge in [-0.05, 0) is 26.0 Å². The summed E-state index contributed by atoms with van der Waals surface area (Å²) in [4.78, 5) is 35.2. The third kappa shape index (κ3) is 4.51. The van der Waals surface area contributed by atoms with Crippen molar-refractivity contribution in [3.05, 3.63) is 64.1 Å². The number of benzene rings is 1. The Morgan fingerprint density at radius 2 is 2.00 bits per heavy atom. The van der Waals surface area contributed by atoms with Crippen molar-refractivity contribution in [2.45, 2.75) is 26.8 Å². The average Bonchev–Trinajstić information content (AvgIpc) is 3.31. The normalized spacial score (nSPS) is 10.6. The number of para-hydroxylation sites is 1. The Bertz CT molecular complexity index is 1070. The fourth-order valence-electron chi connectivity index (χ4n) is 2.80. The minimum absolute atomic E-state index is 0.0134. The van der Waals surface area contributed by atoms with Crippen LogP contribution < -0.4 is 5.32 Å². The van der Waals surface area contributed by atoms with Gasteiger partial charge in [-0.25, -0.2) is 9.48 Å². The number of esters is 1. The molecule has 1 amide bonds. The highest BCUT2D eigenvalue weighted by molar-refractivity contribution is 6.00. The summed E-state index contributed by atoms with van der Waals surface area (Å²) in [7, 11) is 0. The van der Waals surface area contributed by atoms with Gasteiger partial charge in [-0.2, -0.15) is 10.2 Å². The molecular weight excluding hydrogens is 392 g/mol. The van der Waals surface area contributed by atoms with Crippen LogP contribution in [0.1, 0.15) is 29.4 Å². The van der Waals surface area contributed by atoms with E-state index in [4.69, 9.17) is 4.74 Å². The summed E-state index contributed by atoms with van der Waals surface area (Å²) in [6.45, 7) is 3.52. The van der Waals surface area contributed by atoms with Crippen LogP contribution in [0.4, 0.5) is 11.5 Å². The molecule has 0 aliphatic heterocycles. The van der Waals surface area contributed by atoms with Crippen molar-refractivity contribution in [2.24, 2.45) is 0 Å². The molecule has 11 heteroatoms. The largest absolute Gasteiger partial charge is 0.462 e. The number of rotatable bonds is 8. The molecule has 0 saturated heterocycles. The topological polar surface area (TPSA) is 134 Å². The molecule has 0 aliphatic carbocycles. The first-order chi connectivity index (χ1) is 14.4. The summed E-state index contributed by atoms with van der Waals surface area (Å²) >= 11 is 0. The van der Waals surface area contributed by atoms with E-state index in [2.05, 4.69) is 15.5 Å². The maximum Gasteiger partial charge on any atom is 0.343 e. The minimum Gasteiger partial charge on any atom is -0.462 e. The Morgan fingerprint density at radius 1 is 1.27 bits per heavy atom. The molecule has 0 bridgehead atoms. The second-order valence-electron chi connectivity index (χ2n) is 6.29. The zero-order valence-electron chi connectivity index (χ0n) is 16.4. The maximum atomic E-state index is 12.5. The molecule has 0 fully saturated rings. The average molecular weight is 412 g/mol. The first kappa shape index (κ1) is 20.7. The van der Waals surface area contributed by atoms with E-state index in [0.29, 0.717) is 5.69 Å². The Balaban J connectivity index is 1.79. The quantitative estimate of drug-likeness (QED) is 0.341. The zero-order valence-corrected chi connectivity index (χ0v) is 16.4. The molecular formula is C19H20N6O5. The summed E-state index contributed by atoms with van der Waals surface area (Å²) in [6, 6.07) is 9.01. The number of hydrogen-bond donors (Lipinski definition) is 1. The molecule has 0 aliphatic rings. The van der Waals surface area contributed by atoms with Gasteiger partial charge < -0.3 is 10.1 Å². The SMILES string of the molecule is CCOC(=O)c1cnn(-c2ccccc2)c1NC(=O)CCn1cc([N+](=O)[O-])c(C)n1. The molecule has 0 spiro atoms. The van der Waals surface area contributed by atoms with Gasteiger partial charge in [-0.1, -0.05) is 18.2 Å². The maximum absolute atomic E-state index is 12.5. The summed E-state index contributed by atoms with van der Waals surface area (Å²) in [6.07, 6.45) is 2.60. The molecule has 0 saturated carbocycles. The molecule has 11 nitrogen and oxygen atoms in total. The summed E-state index contributed by atoms with van der Waals surface area (Å²) < 4.78 is 7.82. The van der Waals surface area contributed by atoms with Gasteiger partial charge in [-0.3, -0.25) is 19.6 Å². The minimum atomic E-state index is -0.603. The third-order valence-electron chi connectivity index (χ3n) is 4.21. The van der Waals surface area contributed by atoms with Gasteiger partial charge in [-0.15, -0.1) is 0 Å². The van der Waals surface area contributed by atoms with Crippen LogP contribution in [0, 0.1) is 17.0 Å². The van der Waals surface area contributed by atoms with Crippen molar-refractivity contribution >= 4 is 23.4 Å². The molecule has 3 aromatic rings. The Labute approximate surface area is 171 Å². The Kier molecular flexibility index (Phi) is 6.20. The highest BCUT2D eigenvalue weighted by Crippen LogP contribution is 2.22. The van der Waals surface area contributed by atoms with E-state index < -0.39 is 16.8 Å². The van der Waals surface area contributed by atoms with Crippen molar-refractivity contribution in [1.29, 1.82) is 0 Å². The molecule has 156 valence electrons. The molecule has 0 radical (unpaired) electrons. The van der Waals surface area contributed by atoms with Crippen LogP contribution >= 0.6 is 0 Å². The standard InChI is InChI=1S/C19H20N6O5/c1-3-30-19(27)15-11-20-24(14-7-5-4-6-8-14)18(15)21-17(26)9-10-23-12-16(25(28)29)13(2)22-23/h4-8,11-12H,3,9-10H2,1-2H3,(H,21,26). The monoisotopic (exact) mass is 412 g/mol. The second-order valence-corrected chi connectivity index (χ2v) is 6.29. The van der Waals surface area contributed by atoms with Gasteiger partial charge in [0.1, 0.15) is 17.5 Å². The van der Waals surface area contributed by atoms with E-state index in [0.717, 1.165) is 0 Å². The predicted molar refractivity (Wildman–Crippen MR) is 106 cm³/mol. The molecule has 2 aromatic heterocycles. The lowest BCUT2D eigenvalue weighted by Gasteiger charge is -2.11. The van der Waals surface area contributed by atoms with Crippen LogP contribution in [0.15, 0.2) is 42.7 Å². The van der Waals surface area contributed by atoms with E-state index in [-0.39, 0.29) is 42.3 Å². The first-order valence-corrected chi connectivity index (χ1v) is 9.19. The van der Waals surface area contributed by atoms with Gasteiger partial charge in [0.25, 0.3) is 0 Å². The Hall–Kier alpha value is -4.02. The second kappa shape index (κ2) is 8.99. The van der Waals surface area contributed by atoms with Gasteiger partial charge in [0.15, 0.2) is 5.82 Å². The van der Waals surface area contributed by atoms with Crippen molar-refractivity contribution in [3.63, 3.8) is 0 Å². The lowest BCUT2D eigenvalue weighted by atomic mass is 10.3. The molecule has 1 N–H and O–H groups in total. The number of nitrogens with one attached hydrogen (secondary N) is 1. The molecule has 30 heavy (non-hydrogen) atoms. The van der Waals surface area contributed by atoms with Crippen LogP contribution in [0.5, 0.6) is 0 Å². The molecule has 1 aromatic carbocycles. The number of nitro groups is 1. The number of amides is 1. The molecule has 0 unspecified atom stereocenters. The summed E-state index contributed by atoms with van der Waals surface area (Å²) in [5.74, 6) is -0.824. The van der Waals surface area contributed by atoms with Crippen LogP contribution in [-0.2, 0) is 16.1 Å². The number of aromatic nitrogens is 4. The van der Waals surface area contributed by atoms with Gasteiger partial charge in [0.05, 0.1) is 23.4 Å². The summed E-state index contributed by atoms with van der Waals surface area (Å²) in [5.41, 5.74) is 0.940. The van der Waals surface area contributed by atoms with E-state index in [1.54, 1.807) is 31.2 Å². The fourth-order valence-corrected chi connectivity index (χ4v) is 2.80. The number of hydrogen-bond acceptors (Lipinski definition) is 7. The summed E-state index contributed by atoms with van der Waals surface area (Å²) in [5, 5.41) is 21.9. The van der Waals surface area contributed by atoms with E-state index in [1.165, 1.54) is 28.7 Å². The van der Waals surface area contributed by atoms with E-state index >= 15 is 0 Å². The predicted octanol–water partition coefficient (Wildman–Crippen LogP) is 2.49. The van der Waals surface area contributed by atoms with E-state index in [9.17, 15) is 19.7 Å². The van der Waals surface area contributed by atoms with Gasteiger partial charge in [0, 0.05) is 13.0 Å². The van der Waals surface area contributed by atoms with Crippen LogP contribution in [-0.4, -0.2) is 43.0 Å². The smallest absolute Gasteiger partial charge is 0.343 e. The lowest BCUT2D eigenvalue weighted by Crippen LogP contribution is -2.19. The number of anilines is 1. The van der Waals surface area contributed by atoms with Crippen molar-refractivity contribution in [1.82, 2.24) is 19.6 Å². The number of nitrogens with zero attached hydrogens (tertiary/aromatic N) is 5. The number of ether oxygens (including phenoxy) is 1. The third-order valence-corrected chi connectivity index (χ3v) is 4.21. The first-order valence-electron chi connectivity index (χ1n) is 9.19.